The summed E-state index contributed by atoms with van der Waals surface area (Å²) in [5.74, 6) is 0.896. The molecule has 1 atom stereocenters. The van der Waals surface area contributed by atoms with Gasteiger partial charge in [-0.15, -0.1) is 11.3 Å². The number of halogens is 1. The van der Waals surface area contributed by atoms with Gasteiger partial charge in [-0.25, -0.2) is 0 Å². The molecule has 2 nitrogen and oxygen atoms in total. The summed E-state index contributed by atoms with van der Waals surface area (Å²) in [6, 6.07) is 14.7. The quantitative estimate of drug-likeness (QED) is 0.707. The third kappa shape index (κ3) is 2.71. The second-order valence-electron chi connectivity index (χ2n) is 4.80. The molecule has 1 N–H and O–H groups in total. The Labute approximate surface area is 136 Å². The van der Waals surface area contributed by atoms with E-state index in [0.717, 1.165) is 15.8 Å². The fourth-order valence-corrected chi connectivity index (χ4v) is 4.00. The highest BCUT2D eigenvalue weighted by atomic mass is 79.9. The van der Waals surface area contributed by atoms with E-state index < -0.39 is 0 Å². The van der Waals surface area contributed by atoms with Crippen LogP contribution < -0.4 is 10.1 Å². The molecule has 1 heterocycles. The first-order chi connectivity index (χ1) is 10.2. The molecule has 0 amide bonds. The van der Waals surface area contributed by atoms with Crippen molar-refractivity contribution in [2.75, 3.05) is 14.2 Å². The molecule has 0 aliphatic heterocycles. The van der Waals surface area contributed by atoms with Crippen molar-refractivity contribution in [2.24, 2.45) is 0 Å². The molecule has 21 heavy (non-hydrogen) atoms. The van der Waals surface area contributed by atoms with Gasteiger partial charge in [0.15, 0.2) is 0 Å². The summed E-state index contributed by atoms with van der Waals surface area (Å²) in [5.41, 5.74) is 2.42. The van der Waals surface area contributed by atoms with E-state index in [1.165, 1.54) is 15.6 Å². The summed E-state index contributed by atoms with van der Waals surface area (Å²) in [6.07, 6.45) is 0. The minimum Gasteiger partial charge on any atom is -0.496 e. The fourth-order valence-electron chi connectivity index (χ4n) is 2.63. The number of fused-ring (bicyclic) bond motifs is 1. The molecule has 1 aromatic heterocycles. The first-order valence-corrected chi connectivity index (χ1v) is 8.38. The first kappa shape index (κ1) is 14.6. The summed E-state index contributed by atoms with van der Waals surface area (Å²) in [7, 11) is 3.70. The zero-order valence-electron chi connectivity index (χ0n) is 11.9. The molecule has 2 aromatic carbocycles. The van der Waals surface area contributed by atoms with Crippen molar-refractivity contribution in [1.82, 2.24) is 5.32 Å². The molecule has 4 heteroatoms. The van der Waals surface area contributed by atoms with Gasteiger partial charge in [0.2, 0.25) is 0 Å². The molecule has 3 aromatic rings. The maximum atomic E-state index is 5.54. The van der Waals surface area contributed by atoms with E-state index in [-0.39, 0.29) is 6.04 Å². The van der Waals surface area contributed by atoms with Crippen LogP contribution >= 0.6 is 27.3 Å². The van der Waals surface area contributed by atoms with Crippen LogP contribution in [0.1, 0.15) is 17.2 Å². The Morgan fingerprint density at radius 3 is 2.71 bits per heavy atom. The minimum absolute atomic E-state index is 0.105. The normalized spacial score (nSPS) is 12.5. The van der Waals surface area contributed by atoms with Gasteiger partial charge in [0.25, 0.3) is 0 Å². The minimum atomic E-state index is 0.105. The van der Waals surface area contributed by atoms with Gasteiger partial charge in [0, 0.05) is 14.7 Å². The lowest BCUT2D eigenvalue weighted by molar-refractivity contribution is 0.405. The van der Waals surface area contributed by atoms with Crippen molar-refractivity contribution in [2.45, 2.75) is 6.04 Å². The number of hydrogen-bond acceptors (Lipinski definition) is 3. The molecule has 0 aliphatic carbocycles. The van der Waals surface area contributed by atoms with Gasteiger partial charge in [-0.2, -0.15) is 0 Å². The highest BCUT2D eigenvalue weighted by Crippen LogP contribution is 2.37. The van der Waals surface area contributed by atoms with Crippen molar-refractivity contribution < 1.29 is 4.74 Å². The molecule has 1 unspecified atom stereocenters. The van der Waals surface area contributed by atoms with Gasteiger partial charge in [-0.05, 0) is 47.6 Å². The second kappa shape index (κ2) is 6.18. The average molecular weight is 362 g/mol. The molecular formula is C17H16BrNOS. The van der Waals surface area contributed by atoms with Crippen LogP contribution in [-0.4, -0.2) is 14.2 Å². The lowest BCUT2D eigenvalue weighted by Crippen LogP contribution is -2.18. The van der Waals surface area contributed by atoms with Crippen LogP contribution in [0.25, 0.3) is 10.1 Å². The van der Waals surface area contributed by atoms with Gasteiger partial charge in [0.1, 0.15) is 5.75 Å². The van der Waals surface area contributed by atoms with E-state index in [1.807, 2.05) is 19.2 Å². The van der Waals surface area contributed by atoms with Gasteiger partial charge in [-0.1, -0.05) is 34.1 Å². The Morgan fingerprint density at radius 1 is 1.14 bits per heavy atom. The molecule has 0 saturated heterocycles. The number of rotatable bonds is 4. The third-order valence-electron chi connectivity index (χ3n) is 3.61. The zero-order chi connectivity index (χ0) is 14.8. The topological polar surface area (TPSA) is 21.3 Å². The SMILES string of the molecule is CNC(c1cc(Br)ccc1OC)c1csc2ccccc12. The van der Waals surface area contributed by atoms with Crippen molar-refractivity contribution in [3.05, 3.63) is 63.4 Å². The lowest BCUT2D eigenvalue weighted by Gasteiger charge is -2.19. The van der Waals surface area contributed by atoms with Gasteiger partial charge in [-0.3, -0.25) is 0 Å². The molecule has 0 saturated carbocycles. The van der Waals surface area contributed by atoms with Gasteiger partial charge >= 0.3 is 0 Å². The van der Waals surface area contributed by atoms with Crippen LogP contribution in [0.15, 0.2) is 52.3 Å². The molecule has 0 aliphatic rings. The summed E-state index contributed by atoms with van der Waals surface area (Å²) >= 11 is 5.33. The van der Waals surface area contributed by atoms with Crippen LogP contribution in [0.5, 0.6) is 5.75 Å². The van der Waals surface area contributed by atoms with E-state index in [0.29, 0.717) is 0 Å². The van der Waals surface area contributed by atoms with Gasteiger partial charge in [0.05, 0.1) is 13.2 Å². The van der Waals surface area contributed by atoms with Crippen molar-refractivity contribution in [3.63, 3.8) is 0 Å². The Kier molecular flexibility index (Phi) is 4.29. The Morgan fingerprint density at radius 2 is 1.95 bits per heavy atom. The molecule has 0 fully saturated rings. The van der Waals surface area contributed by atoms with Crippen LogP contribution in [0.4, 0.5) is 0 Å². The number of thiophene rings is 1. The molecule has 3 rings (SSSR count). The number of methoxy groups -OCH3 is 1. The van der Waals surface area contributed by atoms with Crippen molar-refractivity contribution >= 4 is 37.4 Å². The molecular weight excluding hydrogens is 346 g/mol. The smallest absolute Gasteiger partial charge is 0.124 e. The zero-order valence-corrected chi connectivity index (χ0v) is 14.3. The Balaban J connectivity index is 2.16. The Hall–Kier alpha value is -1.36. The fraction of sp³-hybridized carbons (Fsp3) is 0.176. The van der Waals surface area contributed by atoms with Crippen molar-refractivity contribution in [1.29, 1.82) is 0 Å². The summed E-state index contributed by atoms with van der Waals surface area (Å²) in [5, 5.41) is 6.94. The van der Waals surface area contributed by atoms with Crippen LogP contribution in [0.3, 0.4) is 0 Å². The van der Waals surface area contributed by atoms with Crippen LogP contribution in [0.2, 0.25) is 0 Å². The number of nitrogens with one attached hydrogen (secondary N) is 1. The van der Waals surface area contributed by atoms with Crippen LogP contribution in [0, 0.1) is 0 Å². The van der Waals surface area contributed by atoms with Crippen LogP contribution in [-0.2, 0) is 0 Å². The molecule has 0 spiro atoms. The molecule has 0 radical (unpaired) electrons. The molecule has 108 valence electrons. The first-order valence-electron chi connectivity index (χ1n) is 6.71. The molecule has 0 bridgehead atoms. The summed E-state index contributed by atoms with van der Waals surface area (Å²) in [6.45, 7) is 0. The third-order valence-corrected chi connectivity index (χ3v) is 5.09. The average Bonchev–Trinajstić information content (AvgIpc) is 2.93. The summed E-state index contributed by atoms with van der Waals surface area (Å²) in [4.78, 5) is 0. The standard InChI is InChI=1S/C17H16BrNOS/c1-19-17(13-9-11(18)7-8-15(13)20-2)14-10-21-16-6-4-3-5-12(14)16/h3-10,17,19H,1-2H3. The van der Waals surface area contributed by atoms with Crippen molar-refractivity contribution in [3.8, 4) is 5.75 Å². The number of benzene rings is 2. The maximum absolute atomic E-state index is 5.54. The monoisotopic (exact) mass is 361 g/mol. The highest BCUT2D eigenvalue weighted by molar-refractivity contribution is 9.10. The Bertz CT molecular complexity index is 768. The maximum Gasteiger partial charge on any atom is 0.124 e. The predicted octanol–water partition coefficient (Wildman–Crippen LogP) is 4.98. The van der Waals surface area contributed by atoms with E-state index in [4.69, 9.17) is 4.74 Å². The van der Waals surface area contributed by atoms with E-state index >= 15 is 0 Å². The van der Waals surface area contributed by atoms with E-state index in [9.17, 15) is 0 Å². The van der Waals surface area contributed by atoms with Gasteiger partial charge < -0.3 is 10.1 Å². The van der Waals surface area contributed by atoms with E-state index in [1.54, 1.807) is 18.4 Å². The van der Waals surface area contributed by atoms with E-state index in [2.05, 4.69) is 57.0 Å². The summed E-state index contributed by atoms with van der Waals surface area (Å²) < 4.78 is 7.90. The largest absolute Gasteiger partial charge is 0.496 e. The second-order valence-corrected chi connectivity index (χ2v) is 6.62. The number of hydrogen-bond donors (Lipinski definition) is 1. The predicted molar refractivity (Wildman–Crippen MR) is 93.4 cm³/mol. The lowest BCUT2D eigenvalue weighted by atomic mass is 9.97. The number of ether oxygens (including phenoxy) is 1. The highest BCUT2D eigenvalue weighted by Gasteiger charge is 2.20.